The number of carbonyl (C=O) groups excluding carboxylic acids is 4. The molecule has 2 aliphatic heterocycles. The first-order valence-electron chi connectivity index (χ1n) is 41.2. The van der Waals surface area contributed by atoms with Crippen molar-refractivity contribution in [3.63, 3.8) is 0 Å². The molecule has 2 saturated heterocycles. The Balaban J connectivity index is 0.000000388. The van der Waals surface area contributed by atoms with Crippen molar-refractivity contribution in [2.45, 2.75) is 219 Å². The molecule has 4 amide bonds. The number of thioether (sulfide) groups is 1. The number of H-pyrrole nitrogens is 8. The molecule has 8 rings (SSSR count). The van der Waals surface area contributed by atoms with E-state index >= 15 is 0 Å². The average Bonchev–Trinajstić information content (AvgIpc) is 0.818. The topological polar surface area (TPSA) is 365 Å². The molecule has 124 heavy (non-hydrogen) atoms. The second-order valence-corrected chi connectivity index (χ2v) is 33.1. The zero-order chi connectivity index (χ0) is 91.4. The third kappa shape index (κ3) is 50.2. The highest BCUT2D eigenvalue weighted by molar-refractivity contribution is 7.99. The fraction of sp³-hybridized carbons (Fsp3) is 0.500. The Labute approximate surface area is 784 Å². The summed E-state index contributed by atoms with van der Waals surface area (Å²) in [4.78, 5) is 90.0. The lowest BCUT2D eigenvalue weighted by Crippen LogP contribution is -2.56. The van der Waals surface area contributed by atoms with E-state index < -0.39 is 18.1 Å². The fourth-order valence-corrected chi connectivity index (χ4v) is 14.5. The van der Waals surface area contributed by atoms with Crippen LogP contribution in [0.3, 0.4) is 0 Å². The second-order valence-electron chi connectivity index (χ2n) is 27.9. The van der Waals surface area contributed by atoms with Crippen LogP contribution in [0.2, 0.25) is 0 Å². The lowest BCUT2D eigenvalue weighted by atomic mass is 9.96. The maximum atomic E-state index is 11.7. The molecule has 2 unspecified atom stereocenters. The van der Waals surface area contributed by atoms with E-state index in [9.17, 15) is 19.2 Å². The summed E-state index contributed by atoms with van der Waals surface area (Å²) in [6, 6.07) is 16.1. The van der Waals surface area contributed by atoms with Crippen LogP contribution < -0.4 is 35.8 Å². The molecule has 6 aromatic rings. The van der Waals surface area contributed by atoms with Gasteiger partial charge in [0.2, 0.25) is 60.9 Å². The van der Waals surface area contributed by atoms with Crippen molar-refractivity contribution >= 4 is 192 Å². The van der Waals surface area contributed by atoms with Gasteiger partial charge in [-0.05, 0) is 216 Å². The quantitative estimate of drug-likeness (QED) is 0.00321. The van der Waals surface area contributed by atoms with Crippen LogP contribution in [0.1, 0.15) is 211 Å². The van der Waals surface area contributed by atoms with Gasteiger partial charge in [-0.2, -0.15) is 19.9 Å². The van der Waals surface area contributed by atoms with Gasteiger partial charge in [0, 0.05) is 32.6 Å². The molecule has 40 heteroatoms. The number of hydrogen-bond donors (Lipinski definition) is 12. The average molecular weight is 1910 g/mol. The maximum absolute atomic E-state index is 11.7. The lowest BCUT2D eigenvalue weighted by molar-refractivity contribution is -0.149. The summed E-state index contributed by atoms with van der Waals surface area (Å²) < 4.78 is 41.3. The van der Waals surface area contributed by atoms with E-state index in [1.807, 2.05) is 37.3 Å². The van der Waals surface area contributed by atoms with Gasteiger partial charge in [-0.15, -0.1) is 6.58 Å². The maximum Gasteiger partial charge on any atom is 0.300 e. The minimum Gasteiger partial charge on any atom is -0.476 e. The molecule has 680 valence electrons. The molecule has 0 aliphatic carbocycles. The standard InChI is InChI=1S/C17H29N3O3S2.C16H28N4O2S2.C16H27N3O2S3.C15H18N4S2.C13H12N2O2S.C7H8N2O2S/c1-4-5-6-7-8-9-10-11-14(22-12-21-13(2)3)23-15-18-16(24)20-17(25)19-15;1-4-9-20(14-17-15(23)19-16(24)18-14)10-7-5-6-8-11-21-12-22-13(2)3;1-3-5-6-7-8-9-10-11-13(21-12-20-4-2)24-16-18-14(22)17-15(23)19-16;1-3-9-19(13-16-14(20)18-15(21)17-13)10-12-7-5-11(4-2)6-8-12;1-2-8-3-5-9(6-4-8)7-10-11(16)14-13(18)15-12(10)17;1-2-3-4-5(10)8-7(12)9-6(4)11/h14H,2,4-12H2,1,3H3,(H2,18,19,20,24,25);2,4-12H2,1,3H3,(H2,17,18,19,23,24);4,13H,2-3,5-12H2,1H3,(H2,17,18,19,22,23);4-8H,2-3,9-10H2,1H3,(H2,16,17,18,20,21);2-6,10H,1,7H2,(H2,14,15,16,17,18);2,4H,1,3H2,(H2,8,9,10,11,12). The van der Waals surface area contributed by atoms with Gasteiger partial charge in [0.15, 0.2) is 54.8 Å². The number of nitrogens with zero attached hydrogens (tertiary/aromatic N) is 6. The Morgan fingerprint density at radius 2 is 0.911 bits per heavy atom. The third-order valence-corrected chi connectivity index (χ3v) is 20.5. The number of aromatic nitrogens is 12. The number of aromatic amines is 8. The van der Waals surface area contributed by atoms with Crippen LogP contribution in [-0.2, 0) is 60.6 Å². The minimum atomic E-state index is -0.730. The summed E-state index contributed by atoms with van der Waals surface area (Å²) in [6.45, 7) is 38.8. The van der Waals surface area contributed by atoms with Crippen molar-refractivity contribution in [2.75, 3.05) is 56.4 Å². The van der Waals surface area contributed by atoms with Crippen LogP contribution >= 0.6 is 134 Å². The minimum absolute atomic E-state index is 0.0597. The summed E-state index contributed by atoms with van der Waals surface area (Å²) >= 11 is 51.5. The molecular formula is C84H122N18O11S11. The molecule has 2 fully saturated rings. The molecule has 6 heterocycles. The molecule has 2 aromatic carbocycles. The van der Waals surface area contributed by atoms with E-state index in [4.69, 9.17) is 143 Å². The summed E-state index contributed by atoms with van der Waals surface area (Å²) in [7, 11) is 0. The smallest absolute Gasteiger partial charge is 0.300 e. The number of benzene rings is 2. The van der Waals surface area contributed by atoms with Gasteiger partial charge >= 0.3 is 6.01 Å². The van der Waals surface area contributed by atoms with Gasteiger partial charge in [0.25, 0.3) is 0 Å². The van der Waals surface area contributed by atoms with Crippen LogP contribution in [0.5, 0.6) is 6.01 Å². The SMILES string of the molecule is C=C(C)OCOC(CCCCCCCCC)Oc1nc(=S)[nH]c(=S)[nH]1.C=C(C)OCOCCCCCCN(CCC)c1nc(=S)[nH]c(=S)[nH]1.C=CCC1C(=O)NC(=S)NC1=O.C=COCOC(CCCCCCCCC)Sc1nc(=S)[nH]c(=S)[nH]1.C=Cc1ccc(CC2C(=O)NC(=S)NC2=O)cc1.C=Cc1ccc(CN(CCC)c2nc(=S)[nH]c(=S)[nH]2)cc1. The molecule has 2 aliphatic rings. The number of carbonyl (C=O) groups is 4. The van der Waals surface area contributed by atoms with Gasteiger partial charge < -0.3 is 99.1 Å². The van der Waals surface area contributed by atoms with Crippen molar-refractivity contribution < 1.29 is 52.3 Å². The van der Waals surface area contributed by atoms with E-state index in [1.165, 1.54) is 100 Å². The summed E-state index contributed by atoms with van der Waals surface area (Å²) in [5, 5.41) is 10.4. The number of ether oxygens (including phenoxy) is 7. The van der Waals surface area contributed by atoms with Crippen LogP contribution in [0.4, 0.5) is 11.9 Å². The number of thiocarbonyl (C=S) groups is 2. The number of anilines is 2. The Morgan fingerprint density at radius 3 is 1.40 bits per heavy atom. The molecule has 12 N–H and O–H groups in total. The molecule has 0 radical (unpaired) electrons. The van der Waals surface area contributed by atoms with E-state index in [-0.39, 0.29) is 63.7 Å². The zero-order valence-electron chi connectivity index (χ0n) is 71.8. The Morgan fingerprint density at radius 1 is 0.468 bits per heavy atom. The van der Waals surface area contributed by atoms with E-state index in [0.29, 0.717) is 82.3 Å². The number of rotatable bonds is 52. The van der Waals surface area contributed by atoms with Gasteiger partial charge in [-0.25, -0.2) is 0 Å². The van der Waals surface area contributed by atoms with Crippen molar-refractivity contribution in [1.29, 1.82) is 0 Å². The molecule has 0 saturated carbocycles. The first-order chi connectivity index (χ1) is 59.5. The Bertz CT molecular complexity index is 4650. The first-order valence-corrected chi connectivity index (χ1v) is 46.1. The summed E-state index contributed by atoms with van der Waals surface area (Å²) in [5.74, 6) is -0.0982. The highest BCUT2D eigenvalue weighted by atomic mass is 32.2. The third-order valence-electron chi connectivity index (χ3n) is 17.5. The normalized spacial score (nSPS) is 12.7. The monoisotopic (exact) mass is 1910 g/mol. The number of unbranched alkanes of at least 4 members (excludes halogenated alkanes) is 15. The predicted octanol–water partition coefficient (Wildman–Crippen LogP) is 20.9. The van der Waals surface area contributed by atoms with Crippen LogP contribution in [0.25, 0.3) is 12.2 Å². The summed E-state index contributed by atoms with van der Waals surface area (Å²) in [5.41, 5.74) is 4.17. The van der Waals surface area contributed by atoms with Crippen LogP contribution in [-0.4, -0.2) is 152 Å². The molecule has 0 spiro atoms. The van der Waals surface area contributed by atoms with Crippen molar-refractivity contribution in [1.82, 2.24) is 81.1 Å². The summed E-state index contributed by atoms with van der Waals surface area (Å²) in [6.07, 6.45) is 32.2. The number of nitrogens with one attached hydrogen (secondary N) is 12. The number of allylic oxidation sites excluding steroid dienone is 3. The first kappa shape index (κ1) is 110. The number of hydrogen-bond acceptors (Lipinski definition) is 28. The zero-order valence-corrected chi connectivity index (χ0v) is 80.8. The lowest BCUT2D eigenvalue weighted by Gasteiger charge is -2.22. The predicted molar refractivity (Wildman–Crippen MR) is 522 cm³/mol. The fourth-order valence-electron chi connectivity index (χ4n) is 11.3. The van der Waals surface area contributed by atoms with Gasteiger partial charge in [-0.1, -0.05) is 229 Å². The van der Waals surface area contributed by atoms with E-state index in [2.05, 4.69) is 195 Å². The van der Waals surface area contributed by atoms with Crippen LogP contribution in [0, 0.1) is 50.0 Å². The molecule has 29 nitrogen and oxygen atoms in total. The molecular weight excluding hydrogens is 1790 g/mol. The second kappa shape index (κ2) is 66.2. The largest absolute Gasteiger partial charge is 0.476 e. The van der Waals surface area contributed by atoms with Gasteiger partial charge in [-0.3, -0.25) is 24.2 Å². The molecule has 2 atom stereocenters. The van der Waals surface area contributed by atoms with Crippen LogP contribution in [0.15, 0.2) is 117 Å². The van der Waals surface area contributed by atoms with Crippen molar-refractivity contribution in [2.24, 2.45) is 11.8 Å². The molecule has 0 bridgehead atoms. The Kier molecular flexibility index (Phi) is 58.7. The van der Waals surface area contributed by atoms with Gasteiger partial charge in [0.1, 0.15) is 17.3 Å². The molecule has 4 aromatic heterocycles. The van der Waals surface area contributed by atoms with Crippen molar-refractivity contribution in [3.8, 4) is 6.01 Å². The highest BCUT2D eigenvalue weighted by Gasteiger charge is 2.33. The van der Waals surface area contributed by atoms with Crippen molar-refractivity contribution in [3.05, 3.63) is 172 Å². The van der Waals surface area contributed by atoms with E-state index in [0.717, 1.165) is 119 Å². The van der Waals surface area contributed by atoms with Gasteiger partial charge in [0.05, 0.1) is 24.4 Å². The highest BCUT2D eigenvalue weighted by Crippen LogP contribution is 2.26. The Hall–Kier alpha value is -8.23. The number of amides is 4. The van der Waals surface area contributed by atoms with E-state index in [1.54, 1.807) is 13.0 Å².